The molecule has 0 spiro atoms. The summed E-state index contributed by atoms with van der Waals surface area (Å²) >= 11 is 0.722. The minimum absolute atomic E-state index is 0.180. The van der Waals surface area contributed by atoms with E-state index in [1.165, 1.54) is 6.20 Å². The summed E-state index contributed by atoms with van der Waals surface area (Å²) in [6.45, 7) is 6.72. The predicted molar refractivity (Wildman–Crippen MR) is 75.9 cm³/mol. The third-order valence-corrected chi connectivity index (χ3v) is 4.93. The van der Waals surface area contributed by atoms with Crippen LogP contribution in [0.1, 0.15) is 43.1 Å². The lowest BCUT2D eigenvalue weighted by molar-refractivity contribution is -0.137. The van der Waals surface area contributed by atoms with Crippen molar-refractivity contribution in [2.75, 3.05) is 20.6 Å². The fraction of sp³-hybridized carbons (Fsp3) is 0.769. The van der Waals surface area contributed by atoms with Crippen molar-refractivity contribution in [3.63, 3.8) is 0 Å². The SMILES string of the molecule is CCNC(c1cnc(C(F)(F)F)s1)C(C)(CC)N(C)C. The van der Waals surface area contributed by atoms with Crippen LogP contribution in [0.5, 0.6) is 0 Å². The molecule has 0 saturated heterocycles. The number of rotatable bonds is 6. The molecule has 1 heterocycles. The Morgan fingerprint density at radius 3 is 2.30 bits per heavy atom. The van der Waals surface area contributed by atoms with Crippen LogP contribution in [0.3, 0.4) is 0 Å². The van der Waals surface area contributed by atoms with Gasteiger partial charge in [-0.1, -0.05) is 13.8 Å². The van der Waals surface area contributed by atoms with Crippen LogP contribution in [-0.2, 0) is 6.18 Å². The van der Waals surface area contributed by atoms with E-state index in [0.717, 1.165) is 17.8 Å². The number of hydrogen-bond donors (Lipinski definition) is 1. The summed E-state index contributed by atoms with van der Waals surface area (Å²) < 4.78 is 38.1. The Morgan fingerprint density at radius 2 is 1.95 bits per heavy atom. The zero-order valence-electron chi connectivity index (χ0n) is 12.5. The van der Waals surface area contributed by atoms with Crippen molar-refractivity contribution in [2.24, 2.45) is 0 Å². The Kier molecular flexibility index (Phi) is 5.57. The average molecular weight is 309 g/mol. The van der Waals surface area contributed by atoms with Gasteiger partial charge >= 0.3 is 6.18 Å². The second-order valence-corrected chi connectivity index (χ2v) is 6.22. The highest BCUT2D eigenvalue weighted by atomic mass is 32.1. The number of thiazole rings is 1. The van der Waals surface area contributed by atoms with E-state index in [1.54, 1.807) is 0 Å². The summed E-state index contributed by atoms with van der Waals surface area (Å²) in [4.78, 5) is 6.20. The van der Waals surface area contributed by atoms with Crippen molar-refractivity contribution in [3.05, 3.63) is 16.1 Å². The molecule has 0 bridgehead atoms. The van der Waals surface area contributed by atoms with E-state index in [1.807, 2.05) is 39.8 Å². The van der Waals surface area contributed by atoms with E-state index in [4.69, 9.17) is 0 Å². The molecule has 1 aromatic heterocycles. The summed E-state index contributed by atoms with van der Waals surface area (Å²) in [7, 11) is 3.89. The Morgan fingerprint density at radius 1 is 1.35 bits per heavy atom. The van der Waals surface area contributed by atoms with Crippen molar-refractivity contribution in [3.8, 4) is 0 Å². The van der Waals surface area contributed by atoms with Crippen LogP contribution in [0.2, 0.25) is 0 Å². The maximum atomic E-state index is 12.7. The molecule has 7 heteroatoms. The molecule has 0 aliphatic carbocycles. The Labute approximate surface area is 122 Å². The fourth-order valence-electron chi connectivity index (χ4n) is 2.16. The molecule has 2 atom stereocenters. The molecule has 1 rings (SSSR count). The number of alkyl halides is 3. The lowest BCUT2D eigenvalue weighted by Gasteiger charge is -2.42. The molecule has 0 fully saturated rings. The number of aromatic nitrogens is 1. The Hall–Kier alpha value is -0.660. The van der Waals surface area contributed by atoms with Crippen LogP contribution in [-0.4, -0.2) is 36.1 Å². The Balaban J connectivity index is 3.17. The van der Waals surface area contributed by atoms with Gasteiger partial charge in [0.25, 0.3) is 0 Å². The van der Waals surface area contributed by atoms with E-state index in [0.29, 0.717) is 11.4 Å². The standard InChI is InChI=1S/C13H22F3N3S/c1-6-12(3,19(4)5)10(17-7-2)9-8-18-11(20-9)13(14,15)16/h8,10,17H,6-7H2,1-5H3. The lowest BCUT2D eigenvalue weighted by Crippen LogP contribution is -2.51. The normalized spacial score (nSPS) is 17.2. The van der Waals surface area contributed by atoms with Gasteiger partial charge in [-0.3, -0.25) is 0 Å². The highest BCUT2D eigenvalue weighted by molar-refractivity contribution is 7.11. The molecule has 116 valence electrons. The summed E-state index contributed by atoms with van der Waals surface area (Å²) in [5.74, 6) is 0. The van der Waals surface area contributed by atoms with E-state index in [-0.39, 0.29) is 11.6 Å². The first kappa shape index (κ1) is 17.4. The predicted octanol–water partition coefficient (Wildman–Crippen LogP) is 3.54. The minimum atomic E-state index is -4.37. The second-order valence-electron chi connectivity index (χ2n) is 5.16. The fourth-order valence-corrected chi connectivity index (χ4v) is 3.17. The quantitative estimate of drug-likeness (QED) is 0.871. The molecule has 0 radical (unpaired) electrons. The molecule has 1 N–H and O–H groups in total. The van der Waals surface area contributed by atoms with Crippen LogP contribution in [0.4, 0.5) is 13.2 Å². The van der Waals surface area contributed by atoms with Gasteiger partial charge in [-0.2, -0.15) is 13.2 Å². The van der Waals surface area contributed by atoms with Crippen LogP contribution in [0, 0.1) is 0 Å². The van der Waals surface area contributed by atoms with E-state index in [2.05, 4.69) is 10.3 Å². The van der Waals surface area contributed by atoms with Crippen molar-refractivity contribution >= 4 is 11.3 Å². The van der Waals surface area contributed by atoms with Gasteiger partial charge in [0, 0.05) is 16.6 Å². The molecule has 0 saturated carbocycles. The molecule has 1 aromatic rings. The number of nitrogens with zero attached hydrogens (tertiary/aromatic N) is 2. The molecule has 0 aliphatic heterocycles. The zero-order valence-corrected chi connectivity index (χ0v) is 13.3. The Bertz CT molecular complexity index is 431. The average Bonchev–Trinajstić information content (AvgIpc) is 2.83. The van der Waals surface area contributed by atoms with Gasteiger partial charge in [0.1, 0.15) is 0 Å². The largest absolute Gasteiger partial charge is 0.443 e. The molecule has 3 nitrogen and oxygen atoms in total. The molecular weight excluding hydrogens is 287 g/mol. The van der Waals surface area contributed by atoms with E-state index in [9.17, 15) is 13.2 Å². The van der Waals surface area contributed by atoms with Crippen LogP contribution >= 0.6 is 11.3 Å². The highest BCUT2D eigenvalue weighted by Gasteiger charge is 2.40. The smallest absolute Gasteiger partial charge is 0.308 e. The van der Waals surface area contributed by atoms with Gasteiger partial charge in [0.15, 0.2) is 5.01 Å². The zero-order chi connectivity index (χ0) is 15.6. The van der Waals surface area contributed by atoms with Crippen LogP contribution < -0.4 is 5.32 Å². The van der Waals surface area contributed by atoms with Crippen LogP contribution in [0.25, 0.3) is 0 Å². The van der Waals surface area contributed by atoms with Crippen molar-refractivity contribution in [1.29, 1.82) is 0 Å². The first-order valence-corrected chi connectivity index (χ1v) is 7.42. The van der Waals surface area contributed by atoms with Crippen molar-refractivity contribution in [2.45, 2.75) is 44.9 Å². The van der Waals surface area contributed by atoms with Crippen molar-refractivity contribution < 1.29 is 13.2 Å². The molecule has 20 heavy (non-hydrogen) atoms. The second kappa shape index (κ2) is 6.41. The summed E-state index contributed by atoms with van der Waals surface area (Å²) in [5, 5.41) is 2.51. The number of nitrogens with one attached hydrogen (secondary N) is 1. The van der Waals surface area contributed by atoms with Gasteiger partial charge in [-0.15, -0.1) is 11.3 Å². The third-order valence-electron chi connectivity index (χ3n) is 3.82. The van der Waals surface area contributed by atoms with E-state index < -0.39 is 11.2 Å². The number of hydrogen-bond acceptors (Lipinski definition) is 4. The first-order valence-electron chi connectivity index (χ1n) is 6.60. The van der Waals surface area contributed by atoms with Crippen LogP contribution in [0.15, 0.2) is 6.20 Å². The monoisotopic (exact) mass is 309 g/mol. The van der Waals surface area contributed by atoms with Crippen molar-refractivity contribution in [1.82, 2.24) is 15.2 Å². The molecule has 0 aromatic carbocycles. The van der Waals surface area contributed by atoms with Gasteiger partial charge < -0.3 is 10.2 Å². The van der Waals surface area contributed by atoms with E-state index >= 15 is 0 Å². The van der Waals surface area contributed by atoms with Gasteiger partial charge in [0.2, 0.25) is 0 Å². The number of likely N-dealkylation sites (N-methyl/N-ethyl adjacent to an activating group) is 2. The summed E-state index contributed by atoms with van der Waals surface area (Å²) in [6.07, 6.45) is -2.21. The highest BCUT2D eigenvalue weighted by Crippen LogP contribution is 2.39. The topological polar surface area (TPSA) is 28.2 Å². The molecule has 0 aliphatic rings. The van der Waals surface area contributed by atoms with Gasteiger partial charge in [-0.25, -0.2) is 4.98 Å². The van der Waals surface area contributed by atoms with Gasteiger partial charge in [0.05, 0.1) is 6.04 Å². The molecular formula is C13H22F3N3S. The number of halogens is 3. The van der Waals surface area contributed by atoms with Gasteiger partial charge in [-0.05, 0) is 34.0 Å². The summed E-state index contributed by atoms with van der Waals surface area (Å²) in [5.41, 5.74) is -0.272. The third kappa shape index (κ3) is 3.51. The lowest BCUT2D eigenvalue weighted by atomic mass is 9.87. The summed E-state index contributed by atoms with van der Waals surface area (Å²) in [6, 6.07) is -0.180. The molecule has 2 unspecified atom stereocenters. The minimum Gasteiger partial charge on any atom is -0.308 e. The molecule has 0 amide bonds. The maximum absolute atomic E-state index is 12.7. The maximum Gasteiger partial charge on any atom is 0.443 e. The first-order chi connectivity index (χ1) is 9.16.